The lowest BCUT2D eigenvalue weighted by atomic mass is 10.1. The third kappa shape index (κ3) is 5.10. The Bertz CT molecular complexity index is 437. The minimum atomic E-state index is 0. The van der Waals surface area contributed by atoms with Crippen molar-refractivity contribution in [2.45, 2.75) is 19.4 Å². The number of ether oxygens (including phenoxy) is 1. The summed E-state index contributed by atoms with van der Waals surface area (Å²) in [5.74, 6) is 0.0136. The first kappa shape index (κ1) is 16.4. The zero-order chi connectivity index (χ0) is 13.0. The van der Waals surface area contributed by atoms with Gasteiger partial charge in [-0.1, -0.05) is 15.9 Å². The molecule has 4 nitrogen and oxygen atoms in total. The molecule has 2 rings (SSSR count). The summed E-state index contributed by atoms with van der Waals surface area (Å²) in [5.41, 5.74) is 1.93. The fraction of sp³-hybridized carbons (Fsp3) is 0.462. The highest BCUT2D eigenvalue weighted by molar-refractivity contribution is 9.10. The molecule has 1 atom stereocenters. The van der Waals surface area contributed by atoms with Gasteiger partial charge in [0.1, 0.15) is 0 Å². The van der Waals surface area contributed by atoms with Crippen molar-refractivity contribution in [1.82, 2.24) is 5.32 Å². The molecule has 0 aromatic heterocycles. The number of aryl methyl sites for hydroxylation is 1. The molecule has 0 bridgehead atoms. The molecule has 2 N–H and O–H groups in total. The molecule has 1 fully saturated rings. The van der Waals surface area contributed by atoms with Gasteiger partial charge in [-0.3, -0.25) is 4.79 Å². The van der Waals surface area contributed by atoms with Crippen molar-refractivity contribution in [3.05, 3.63) is 28.2 Å². The van der Waals surface area contributed by atoms with E-state index in [1.54, 1.807) is 0 Å². The minimum absolute atomic E-state index is 0. The lowest BCUT2D eigenvalue weighted by Gasteiger charge is -2.23. The average Bonchev–Trinajstić information content (AvgIpc) is 2.35. The molecular weight excluding hydrogens is 332 g/mol. The first-order valence-corrected chi connectivity index (χ1v) is 6.81. The summed E-state index contributed by atoms with van der Waals surface area (Å²) in [6.45, 7) is 4.14. The predicted octanol–water partition coefficient (Wildman–Crippen LogP) is 2.50. The van der Waals surface area contributed by atoms with Crippen LogP contribution in [-0.4, -0.2) is 31.7 Å². The Balaban J connectivity index is 0.00000180. The molecule has 0 radical (unpaired) electrons. The van der Waals surface area contributed by atoms with E-state index in [2.05, 4.69) is 26.6 Å². The van der Waals surface area contributed by atoms with E-state index >= 15 is 0 Å². The molecule has 0 aliphatic carbocycles. The summed E-state index contributed by atoms with van der Waals surface area (Å²) in [5, 5.41) is 6.16. The summed E-state index contributed by atoms with van der Waals surface area (Å²) >= 11 is 3.44. The van der Waals surface area contributed by atoms with E-state index in [4.69, 9.17) is 4.74 Å². The molecule has 19 heavy (non-hydrogen) atoms. The summed E-state index contributed by atoms with van der Waals surface area (Å²) < 4.78 is 6.36. The van der Waals surface area contributed by atoms with Crippen molar-refractivity contribution in [3.8, 4) is 0 Å². The lowest BCUT2D eigenvalue weighted by Crippen LogP contribution is -2.43. The van der Waals surface area contributed by atoms with E-state index in [9.17, 15) is 4.79 Å². The van der Waals surface area contributed by atoms with Crippen LogP contribution in [0.3, 0.4) is 0 Å². The van der Waals surface area contributed by atoms with Gasteiger partial charge in [0.05, 0.1) is 13.2 Å². The smallest absolute Gasteiger partial charge is 0.226 e. The molecule has 106 valence electrons. The van der Waals surface area contributed by atoms with Gasteiger partial charge in [0.25, 0.3) is 0 Å². The number of hydrogen-bond acceptors (Lipinski definition) is 3. The number of hydrogen-bond donors (Lipinski definition) is 2. The third-order valence-corrected chi connectivity index (χ3v) is 3.76. The maximum atomic E-state index is 11.9. The van der Waals surface area contributed by atoms with Crippen molar-refractivity contribution in [3.63, 3.8) is 0 Å². The standard InChI is InChI=1S/C13H17BrN2O2.ClH/c1-9-6-10(2-3-12(9)14)16-13(17)7-11-8-18-5-4-15-11;/h2-3,6,11,15H,4-5,7-8H2,1H3,(H,16,17);1H. The summed E-state index contributed by atoms with van der Waals surface area (Å²) in [4.78, 5) is 11.9. The van der Waals surface area contributed by atoms with Crippen molar-refractivity contribution in [1.29, 1.82) is 0 Å². The number of halogens is 2. The largest absolute Gasteiger partial charge is 0.378 e. The van der Waals surface area contributed by atoms with Crippen LogP contribution in [0.5, 0.6) is 0 Å². The van der Waals surface area contributed by atoms with Crippen LogP contribution in [-0.2, 0) is 9.53 Å². The van der Waals surface area contributed by atoms with Crippen molar-refractivity contribution in [2.24, 2.45) is 0 Å². The number of rotatable bonds is 3. The highest BCUT2D eigenvalue weighted by Crippen LogP contribution is 2.20. The Hall–Kier alpha value is -0.620. The molecule has 1 heterocycles. The Morgan fingerprint density at radius 3 is 3.00 bits per heavy atom. The van der Waals surface area contributed by atoms with Gasteiger partial charge in [0, 0.05) is 29.2 Å². The Labute approximate surface area is 127 Å². The van der Waals surface area contributed by atoms with Crippen molar-refractivity contribution >= 4 is 39.9 Å². The Morgan fingerprint density at radius 1 is 1.58 bits per heavy atom. The van der Waals surface area contributed by atoms with Gasteiger partial charge in [-0.05, 0) is 30.7 Å². The van der Waals surface area contributed by atoms with Gasteiger partial charge in [-0.2, -0.15) is 0 Å². The number of nitrogens with one attached hydrogen (secondary N) is 2. The van der Waals surface area contributed by atoms with Gasteiger partial charge < -0.3 is 15.4 Å². The van der Waals surface area contributed by atoms with E-state index < -0.39 is 0 Å². The lowest BCUT2D eigenvalue weighted by molar-refractivity contribution is -0.117. The van der Waals surface area contributed by atoms with E-state index in [1.807, 2.05) is 25.1 Å². The topological polar surface area (TPSA) is 50.4 Å². The zero-order valence-electron chi connectivity index (χ0n) is 10.7. The Morgan fingerprint density at radius 2 is 2.37 bits per heavy atom. The van der Waals surface area contributed by atoms with E-state index in [0.29, 0.717) is 13.0 Å². The summed E-state index contributed by atoms with van der Waals surface area (Å²) in [6.07, 6.45) is 0.440. The highest BCUT2D eigenvalue weighted by Gasteiger charge is 2.16. The maximum absolute atomic E-state index is 11.9. The van der Waals surface area contributed by atoms with Crippen LogP contribution < -0.4 is 10.6 Å². The van der Waals surface area contributed by atoms with E-state index in [0.717, 1.165) is 28.9 Å². The summed E-state index contributed by atoms with van der Waals surface area (Å²) in [6, 6.07) is 5.90. The monoisotopic (exact) mass is 348 g/mol. The first-order chi connectivity index (χ1) is 8.65. The highest BCUT2D eigenvalue weighted by atomic mass is 79.9. The first-order valence-electron chi connectivity index (χ1n) is 6.02. The molecule has 6 heteroatoms. The second-order valence-corrected chi connectivity index (χ2v) is 5.30. The molecule has 0 spiro atoms. The van der Waals surface area contributed by atoms with Gasteiger partial charge >= 0.3 is 0 Å². The number of anilines is 1. The van der Waals surface area contributed by atoms with Crippen LogP contribution in [0.25, 0.3) is 0 Å². The zero-order valence-corrected chi connectivity index (χ0v) is 13.1. The Kier molecular flexibility index (Phi) is 6.79. The summed E-state index contributed by atoms with van der Waals surface area (Å²) in [7, 11) is 0. The number of carbonyl (C=O) groups is 1. The molecule has 0 saturated carbocycles. The fourth-order valence-electron chi connectivity index (χ4n) is 1.91. The molecular formula is C13H18BrClN2O2. The molecule has 1 saturated heterocycles. The normalized spacial score (nSPS) is 18.5. The van der Waals surface area contributed by atoms with Crippen molar-refractivity contribution in [2.75, 3.05) is 25.1 Å². The third-order valence-electron chi connectivity index (χ3n) is 2.87. The van der Waals surface area contributed by atoms with Crippen LogP contribution in [0.2, 0.25) is 0 Å². The number of carbonyl (C=O) groups excluding carboxylic acids is 1. The molecule has 1 amide bonds. The quantitative estimate of drug-likeness (QED) is 0.881. The maximum Gasteiger partial charge on any atom is 0.226 e. The van der Waals surface area contributed by atoms with Crippen LogP contribution in [0, 0.1) is 6.92 Å². The SMILES string of the molecule is Cc1cc(NC(=O)CC2COCCN2)ccc1Br.Cl. The molecule has 1 aromatic rings. The minimum Gasteiger partial charge on any atom is -0.378 e. The second kappa shape index (κ2) is 7.85. The van der Waals surface area contributed by atoms with Gasteiger partial charge in [-0.15, -0.1) is 12.4 Å². The average molecular weight is 350 g/mol. The fourth-order valence-corrected chi connectivity index (χ4v) is 2.16. The van der Waals surface area contributed by atoms with E-state index in [-0.39, 0.29) is 24.4 Å². The van der Waals surface area contributed by atoms with Crippen LogP contribution in [0.15, 0.2) is 22.7 Å². The second-order valence-electron chi connectivity index (χ2n) is 4.44. The van der Waals surface area contributed by atoms with Crippen LogP contribution in [0.1, 0.15) is 12.0 Å². The molecule has 1 unspecified atom stereocenters. The van der Waals surface area contributed by atoms with Crippen LogP contribution >= 0.6 is 28.3 Å². The molecule has 1 aliphatic heterocycles. The number of amides is 1. The van der Waals surface area contributed by atoms with Gasteiger partial charge in [0.15, 0.2) is 0 Å². The van der Waals surface area contributed by atoms with Crippen molar-refractivity contribution < 1.29 is 9.53 Å². The van der Waals surface area contributed by atoms with Gasteiger partial charge in [0.2, 0.25) is 5.91 Å². The molecule has 1 aliphatic rings. The number of morpholine rings is 1. The molecule has 1 aromatic carbocycles. The van der Waals surface area contributed by atoms with E-state index in [1.165, 1.54) is 0 Å². The van der Waals surface area contributed by atoms with Crippen LogP contribution in [0.4, 0.5) is 5.69 Å². The number of benzene rings is 1. The van der Waals surface area contributed by atoms with Gasteiger partial charge in [-0.25, -0.2) is 0 Å². The predicted molar refractivity (Wildman–Crippen MR) is 82.0 cm³/mol.